The summed E-state index contributed by atoms with van der Waals surface area (Å²) in [6.45, 7) is 7.15. The van der Waals surface area contributed by atoms with Gasteiger partial charge in [0.15, 0.2) is 6.73 Å². The van der Waals surface area contributed by atoms with Gasteiger partial charge in [-0.05, 0) is 43.2 Å². The number of benzene rings is 1. The van der Waals surface area contributed by atoms with Gasteiger partial charge in [0.25, 0.3) is 0 Å². The Labute approximate surface area is 141 Å². The molecule has 0 unspecified atom stereocenters. The number of rotatable bonds is 8. The van der Waals surface area contributed by atoms with Gasteiger partial charge in [-0.25, -0.2) is 4.79 Å². The normalized spacial score (nSPS) is 10.0. The standard InChI is InChI=1S/C18H20N2O4/c1-13(2)18(22)20-12-24-16-7-5-15(11-14(16)3)6-8-17(21)23-10-4-9-19/h5-8,11H,1,4,10,12H2,2-3H3,(H,20,22)/b8-6+. The van der Waals surface area contributed by atoms with Crippen molar-refractivity contribution >= 4 is 18.0 Å². The molecule has 6 nitrogen and oxygen atoms in total. The largest absolute Gasteiger partial charge is 0.473 e. The number of carbonyl (C=O) groups excluding carboxylic acids is 2. The molecule has 0 aliphatic rings. The molecule has 0 aliphatic carbocycles. The van der Waals surface area contributed by atoms with E-state index in [1.165, 1.54) is 6.08 Å². The molecule has 0 heterocycles. The number of ether oxygens (including phenoxy) is 2. The predicted molar refractivity (Wildman–Crippen MR) is 89.9 cm³/mol. The highest BCUT2D eigenvalue weighted by Gasteiger charge is 2.03. The summed E-state index contributed by atoms with van der Waals surface area (Å²) in [6, 6.07) is 7.27. The molecule has 0 radical (unpaired) electrons. The van der Waals surface area contributed by atoms with Crippen LogP contribution in [0.2, 0.25) is 0 Å². The van der Waals surface area contributed by atoms with Gasteiger partial charge < -0.3 is 14.8 Å². The van der Waals surface area contributed by atoms with E-state index in [2.05, 4.69) is 11.9 Å². The molecule has 24 heavy (non-hydrogen) atoms. The first-order valence-corrected chi connectivity index (χ1v) is 7.33. The minimum absolute atomic E-state index is 0.0485. The molecule has 1 N–H and O–H groups in total. The van der Waals surface area contributed by atoms with Crippen LogP contribution >= 0.6 is 0 Å². The summed E-state index contributed by atoms with van der Waals surface area (Å²) in [6.07, 6.45) is 3.10. The SMILES string of the molecule is C=C(C)C(=O)NCOc1ccc(/C=C/C(=O)OCCC#N)cc1C. The fourth-order valence-corrected chi connectivity index (χ4v) is 1.68. The molecular formula is C18H20N2O4. The van der Waals surface area contributed by atoms with E-state index in [9.17, 15) is 9.59 Å². The molecule has 0 aliphatic heterocycles. The minimum Gasteiger partial charge on any atom is -0.473 e. The lowest BCUT2D eigenvalue weighted by Crippen LogP contribution is -2.28. The van der Waals surface area contributed by atoms with Gasteiger partial charge in [-0.3, -0.25) is 4.79 Å². The number of nitriles is 1. The zero-order chi connectivity index (χ0) is 17.9. The van der Waals surface area contributed by atoms with Crippen molar-refractivity contribution in [3.63, 3.8) is 0 Å². The van der Waals surface area contributed by atoms with E-state index in [0.717, 1.165) is 11.1 Å². The average molecular weight is 328 g/mol. The second kappa shape index (κ2) is 9.85. The highest BCUT2D eigenvalue weighted by Crippen LogP contribution is 2.19. The number of hydrogen-bond donors (Lipinski definition) is 1. The summed E-state index contributed by atoms with van der Waals surface area (Å²) >= 11 is 0. The first-order valence-electron chi connectivity index (χ1n) is 7.33. The van der Waals surface area contributed by atoms with Crippen LogP contribution in [0.4, 0.5) is 0 Å². The van der Waals surface area contributed by atoms with Gasteiger partial charge in [0.05, 0.1) is 12.5 Å². The maximum absolute atomic E-state index is 11.4. The molecular weight excluding hydrogens is 308 g/mol. The van der Waals surface area contributed by atoms with E-state index >= 15 is 0 Å². The molecule has 0 fully saturated rings. The Balaban J connectivity index is 2.55. The van der Waals surface area contributed by atoms with Gasteiger partial charge in [-0.1, -0.05) is 12.6 Å². The predicted octanol–water partition coefficient (Wildman–Crippen LogP) is 2.49. The van der Waals surface area contributed by atoms with Crippen LogP contribution in [0.5, 0.6) is 5.75 Å². The van der Waals surface area contributed by atoms with E-state index in [4.69, 9.17) is 14.7 Å². The van der Waals surface area contributed by atoms with E-state index < -0.39 is 5.97 Å². The van der Waals surface area contributed by atoms with Crippen molar-refractivity contribution in [2.45, 2.75) is 20.3 Å². The Morgan fingerprint density at radius 1 is 1.42 bits per heavy atom. The van der Waals surface area contributed by atoms with Gasteiger partial charge in [0, 0.05) is 11.6 Å². The van der Waals surface area contributed by atoms with Crippen LogP contribution in [0.15, 0.2) is 36.4 Å². The molecule has 0 atom stereocenters. The third-order valence-electron chi connectivity index (χ3n) is 2.92. The van der Waals surface area contributed by atoms with Crippen molar-refractivity contribution in [2.75, 3.05) is 13.3 Å². The highest BCUT2D eigenvalue weighted by molar-refractivity contribution is 5.91. The lowest BCUT2D eigenvalue weighted by Gasteiger charge is -2.10. The molecule has 0 spiro atoms. The summed E-state index contributed by atoms with van der Waals surface area (Å²) in [5.41, 5.74) is 2.08. The molecule has 0 bridgehead atoms. The van der Waals surface area contributed by atoms with Crippen molar-refractivity contribution < 1.29 is 19.1 Å². The number of hydrogen-bond acceptors (Lipinski definition) is 5. The summed E-state index contributed by atoms with van der Waals surface area (Å²) in [4.78, 5) is 22.8. The molecule has 0 saturated carbocycles. The van der Waals surface area contributed by atoms with Crippen LogP contribution in [0.25, 0.3) is 6.08 Å². The molecule has 1 aromatic carbocycles. The number of aryl methyl sites for hydroxylation is 1. The quantitative estimate of drug-likeness (QED) is 0.343. The molecule has 1 rings (SSSR count). The average Bonchev–Trinajstić information content (AvgIpc) is 2.54. The zero-order valence-electron chi connectivity index (χ0n) is 13.8. The van der Waals surface area contributed by atoms with Crippen LogP contribution in [0, 0.1) is 18.3 Å². The molecule has 1 amide bonds. The van der Waals surface area contributed by atoms with Gasteiger partial charge in [-0.15, -0.1) is 0 Å². The molecule has 0 saturated heterocycles. The summed E-state index contributed by atoms with van der Waals surface area (Å²) in [7, 11) is 0. The van der Waals surface area contributed by atoms with Gasteiger partial charge >= 0.3 is 5.97 Å². The topological polar surface area (TPSA) is 88.4 Å². The lowest BCUT2D eigenvalue weighted by atomic mass is 10.1. The van der Waals surface area contributed by atoms with Crippen molar-refractivity contribution in [1.82, 2.24) is 5.32 Å². The van der Waals surface area contributed by atoms with E-state index in [0.29, 0.717) is 11.3 Å². The highest BCUT2D eigenvalue weighted by atomic mass is 16.5. The third kappa shape index (κ3) is 6.79. The number of esters is 1. The number of nitrogens with zero attached hydrogens (tertiary/aromatic N) is 1. The van der Waals surface area contributed by atoms with E-state index in [1.807, 2.05) is 19.1 Å². The monoisotopic (exact) mass is 328 g/mol. The van der Waals surface area contributed by atoms with Gasteiger partial charge in [0.2, 0.25) is 5.91 Å². The van der Waals surface area contributed by atoms with Crippen LogP contribution in [-0.4, -0.2) is 25.2 Å². The van der Waals surface area contributed by atoms with Crippen LogP contribution < -0.4 is 10.1 Å². The fraction of sp³-hybridized carbons (Fsp3) is 0.278. The number of nitrogens with one attached hydrogen (secondary N) is 1. The first kappa shape index (κ1) is 19.0. The summed E-state index contributed by atoms with van der Waals surface area (Å²) < 4.78 is 10.3. The van der Waals surface area contributed by atoms with E-state index in [-0.39, 0.29) is 25.7 Å². The van der Waals surface area contributed by atoms with Crippen molar-refractivity contribution in [3.8, 4) is 11.8 Å². The summed E-state index contributed by atoms with van der Waals surface area (Å²) in [5.74, 6) is -0.126. The number of amides is 1. The fourth-order valence-electron chi connectivity index (χ4n) is 1.68. The molecule has 126 valence electrons. The molecule has 0 aromatic heterocycles. The van der Waals surface area contributed by atoms with Gasteiger partial charge in [0.1, 0.15) is 12.4 Å². The van der Waals surface area contributed by atoms with Crippen LogP contribution in [-0.2, 0) is 14.3 Å². The first-order chi connectivity index (χ1) is 11.4. The Hall–Kier alpha value is -3.07. The maximum atomic E-state index is 11.4. The van der Waals surface area contributed by atoms with Crippen molar-refractivity contribution in [1.29, 1.82) is 5.26 Å². The van der Waals surface area contributed by atoms with Gasteiger partial charge in [-0.2, -0.15) is 5.26 Å². The van der Waals surface area contributed by atoms with Crippen LogP contribution in [0.1, 0.15) is 24.5 Å². The second-order valence-electron chi connectivity index (χ2n) is 5.01. The number of carbonyl (C=O) groups is 2. The van der Waals surface area contributed by atoms with Crippen molar-refractivity contribution in [2.24, 2.45) is 0 Å². The summed E-state index contributed by atoms with van der Waals surface area (Å²) in [5, 5.41) is 10.9. The Bertz CT molecular complexity index is 687. The Morgan fingerprint density at radius 2 is 2.17 bits per heavy atom. The smallest absolute Gasteiger partial charge is 0.330 e. The molecule has 1 aromatic rings. The zero-order valence-corrected chi connectivity index (χ0v) is 13.8. The second-order valence-corrected chi connectivity index (χ2v) is 5.01. The Morgan fingerprint density at radius 3 is 2.79 bits per heavy atom. The van der Waals surface area contributed by atoms with E-state index in [1.54, 1.807) is 25.1 Å². The third-order valence-corrected chi connectivity index (χ3v) is 2.92. The lowest BCUT2D eigenvalue weighted by molar-refractivity contribution is -0.137. The van der Waals surface area contributed by atoms with Crippen LogP contribution in [0.3, 0.4) is 0 Å². The maximum Gasteiger partial charge on any atom is 0.330 e. The Kier molecular flexibility index (Phi) is 7.79. The molecule has 6 heteroatoms. The minimum atomic E-state index is -0.495. The van der Waals surface area contributed by atoms with Crippen molar-refractivity contribution in [3.05, 3.63) is 47.6 Å².